The molecule has 4 nitrogen and oxygen atoms in total. The summed E-state index contributed by atoms with van der Waals surface area (Å²) in [6, 6.07) is 10.3. The molecule has 0 aliphatic carbocycles. The van der Waals surface area contributed by atoms with Crippen LogP contribution in [-0.4, -0.2) is 15.6 Å². The van der Waals surface area contributed by atoms with Crippen LogP contribution in [0.25, 0.3) is 22.6 Å². The number of imidazole rings is 1. The maximum absolute atomic E-state index is 5.84. The molecule has 0 bridgehead atoms. The summed E-state index contributed by atoms with van der Waals surface area (Å²) >= 11 is 0. The first-order valence-corrected chi connectivity index (χ1v) is 6.40. The highest BCUT2D eigenvalue weighted by atomic mass is 16.3. The number of rotatable bonds is 3. The normalized spacial score (nSPS) is 13.0. The van der Waals surface area contributed by atoms with Gasteiger partial charge in [0.25, 0.3) is 0 Å². The first-order valence-electron chi connectivity index (χ1n) is 6.40. The molecule has 3 rings (SSSR count). The van der Waals surface area contributed by atoms with Gasteiger partial charge in [-0.25, -0.2) is 4.98 Å². The van der Waals surface area contributed by atoms with E-state index in [9.17, 15) is 0 Å². The van der Waals surface area contributed by atoms with E-state index in [4.69, 9.17) is 10.2 Å². The molecule has 2 N–H and O–H groups in total. The summed E-state index contributed by atoms with van der Waals surface area (Å²) in [6.45, 7) is 2.01. The average Bonchev–Trinajstić information content (AvgIpc) is 2.96. The predicted octanol–water partition coefficient (Wildman–Crippen LogP) is 2.72. The average molecular weight is 255 g/mol. The van der Waals surface area contributed by atoms with E-state index in [-0.39, 0.29) is 6.04 Å². The zero-order chi connectivity index (χ0) is 13.4. The summed E-state index contributed by atoms with van der Waals surface area (Å²) < 4.78 is 7.47. The molecule has 3 aromatic rings. The van der Waals surface area contributed by atoms with E-state index in [0.717, 1.165) is 29.0 Å². The van der Waals surface area contributed by atoms with Crippen molar-refractivity contribution in [3.63, 3.8) is 0 Å². The minimum absolute atomic E-state index is 0.158. The highest BCUT2D eigenvalue weighted by molar-refractivity contribution is 5.80. The Kier molecular flexibility index (Phi) is 2.87. The molecule has 19 heavy (non-hydrogen) atoms. The number of benzene rings is 1. The second kappa shape index (κ2) is 4.55. The highest BCUT2D eigenvalue weighted by Crippen LogP contribution is 2.24. The summed E-state index contributed by atoms with van der Waals surface area (Å²) in [5, 5.41) is 0. The minimum atomic E-state index is 0.158. The van der Waals surface area contributed by atoms with Crippen molar-refractivity contribution in [1.29, 1.82) is 0 Å². The number of hydrogen-bond acceptors (Lipinski definition) is 3. The molecule has 0 spiro atoms. The van der Waals surface area contributed by atoms with Crippen molar-refractivity contribution < 1.29 is 4.42 Å². The van der Waals surface area contributed by atoms with E-state index in [0.29, 0.717) is 0 Å². The van der Waals surface area contributed by atoms with Crippen LogP contribution in [0.2, 0.25) is 0 Å². The number of fused-ring (bicyclic) bond motifs is 1. The maximum atomic E-state index is 5.84. The number of nitrogens with two attached hydrogens (primary N) is 1. The smallest absolute Gasteiger partial charge is 0.176 e. The SMILES string of the molecule is CC(N)Cc1ccc2c(c1)nc(-c1ccco1)n2C. The van der Waals surface area contributed by atoms with Crippen molar-refractivity contribution in [3.8, 4) is 11.6 Å². The molecular formula is C15H17N3O. The lowest BCUT2D eigenvalue weighted by Gasteiger charge is -2.04. The fourth-order valence-corrected chi connectivity index (χ4v) is 2.37. The van der Waals surface area contributed by atoms with Crippen LogP contribution in [0.4, 0.5) is 0 Å². The number of furan rings is 1. The third-order valence-corrected chi connectivity index (χ3v) is 3.24. The van der Waals surface area contributed by atoms with Gasteiger partial charge in [0.2, 0.25) is 0 Å². The van der Waals surface area contributed by atoms with Gasteiger partial charge < -0.3 is 14.7 Å². The van der Waals surface area contributed by atoms with Crippen molar-refractivity contribution in [1.82, 2.24) is 9.55 Å². The number of aryl methyl sites for hydroxylation is 1. The quantitative estimate of drug-likeness (QED) is 0.783. The molecule has 1 atom stereocenters. The molecule has 1 aromatic carbocycles. The summed E-state index contributed by atoms with van der Waals surface area (Å²) in [6.07, 6.45) is 2.53. The van der Waals surface area contributed by atoms with E-state index >= 15 is 0 Å². The number of aromatic nitrogens is 2. The molecule has 0 saturated carbocycles. The molecule has 0 aliphatic heterocycles. The molecule has 0 saturated heterocycles. The predicted molar refractivity (Wildman–Crippen MR) is 75.8 cm³/mol. The van der Waals surface area contributed by atoms with Gasteiger partial charge in [-0.1, -0.05) is 6.07 Å². The monoisotopic (exact) mass is 255 g/mol. The highest BCUT2D eigenvalue weighted by Gasteiger charge is 2.12. The van der Waals surface area contributed by atoms with Gasteiger partial charge in [-0.2, -0.15) is 0 Å². The lowest BCUT2D eigenvalue weighted by Crippen LogP contribution is -2.17. The Bertz CT molecular complexity index is 696. The van der Waals surface area contributed by atoms with Crippen molar-refractivity contribution in [3.05, 3.63) is 42.2 Å². The van der Waals surface area contributed by atoms with Crippen LogP contribution in [0.15, 0.2) is 41.0 Å². The van der Waals surface area contributed by atoms with Gasteiger partial charge in [0.15, 0.2) is 11.6 Å². The molecule has 2 aromatic heterocycles. The molecule has 98 valence electrons. The van der Waals surface area contributed by atoms with Gasteiger partial charge in [0.05, 0.1) is 17.3 Å². The van der Waals surface area contributed by atoms with Crippen LogP contribution >= 0.6 is 0 Å². The topological polar surface area (TPSA) is 57.0 Å². The molecule has 0 fully saturated rings. The minimum Gasteiger partial charge on any atom is -0.461 e. The van der Waals surface area contributed by atoms with Crippen LogP contribution in [0.1, 0.15) is 12.5 Å². The van der Waals surface area contributed by atoms with Crippen molar-refractivity contribution in [2.45, 2.75) is 19.4 Å². The molecule has 0 radical (unpaired) electrons. The largest absolute Gasteiger partial charge is 0.461 e. The second-order valence-corrected chi connectivity index (χ2v) is 4.98. The van der Waals surface area contributed by atoms with Gasteiger partial charge in [0.1, 0.15) is 0 Å². The van der Waals surface area contributed by atoms with Crippen LogP contribution in [0.5, 0.6) is 0 Å². The van der Waals surface area contributed by atoms with Crippen molar-refractivity contribution in [2.24, 2.45) is 12.8 Å². The molecule has 4 heteroatoms. The molecular weight excluding hydrogens is 238 g/mol. The lowest BCUT2D eigenvalue weighted by molar-refractivity contribution is 0.574. The number of hydrogen-bond donors (Lipinski definition) is 1. The summed E-state index contributed by atoms with van der Waals surface area (Å²) in [4.78, 5) is 4.65. The Balaban J connectivity index is 2.10. The zero-order valence-electron chi connectivity index (χ0n) is 11.1. The number of nitrogens with zero attached hydrogens (tertiary/aromatic N) is 2. The van der Waals surface area contributed by atoms with E-state index in [2.05, 4.69) is 23.2 Å². The van der Waals surface area contributed by atoms with E-state index in [1.807, 2.05) is 30.7 Å². The van der Waals surface area contributed by atoms with Gasteiger partial charge >= 0.3 is 0 Å². The third kappa shape index (κ3) is 2.15. The first-order chi connectivity index (χ1) is 9.15. The van der Waals surface area contributed by atoms with Crippen molar-refractivity contribution in [2.75, 3.05) is 0 Å². The Hall–Kier alpha value is -2.07. The van der Waals surface area contributed by atoms with Crippen LogP contribution in [0.3, 0.4) is 0 Å². The molecule has 0 amide bonds. The Morgan fingerprint density at radius 2 is 2.21 bits per heavy atom. The molecule has 0 aliphatic rings. The summed E-state index contributed by atoms with van der Waals surface area (Å²) in [5.41, 5.74) is 9.13. The van der Waals surface area contributed by atoms with Crippen molar-refractivity contribution >= 4 is 11.0 Å². The summed E-state index contributed by atoms with van der Waals surface area (Å²) in [5.74, 6) is 1.63. The molecule has 1 unspecified atom stereocenters. The first kappa shape index (κ1) is 12.0. The van der Waals surface area contributed by atoms with Gasteiger partial charge in [-0.15, -0.1) is 0 Å². The summed E-state index contributed by atoms with van der Waals surface area (Å²) in [7, 11) is 2.00. The maximum Gasteiger partial charge on any atom is 0.176 e. The molecule has 2 heterocycles. The Morgan fingerprint density at radius 3 is 2.89 bits per heavy atom. The lowest BCUT2D eigenvalue weighted by atomic mass is 10.1. The standard InChI is InChI=1S/C15H17N3O/c1-10(16)8-11-5-6-13-12(9-11)17-15(18(13)2)14-4-3-7-19-14/h3-7,9-10H,8,16H2,1-2H3. The van der Waals surface area contributed by atoms with Crippen LogP contribution in [-0.2, 0) is 13.5 Å². The third-order valence-electron chi connectivity index (χ3n) is 3.24. The fourth-order valence-electron chi connectivity index (χ4n) is 2.37. The van der Waals surface area contributed by atoms with Gasteiger partial charge in [-0.3, -0.25) is 0 Å². The Labute approximate surface area is 111 Å². The van der Waals surface area contributed by atoms with Crippen LogP contribution in [0, 0.1) is 0 Å². The van der Waals surface area contributed by atoms with E-state index in [1.165, 1.54) is 5.56 Å². The second-order valence-electron chi connectivity index (χ2n) is 4.98. The Morgan fingerprint density at radius 1 is 1.37 bits per heavy atom. The van der Waals surface area contributed by atoms with E-state index < -0.39 is 0 Å². The fraction of sp³-hybridized carbons (Fsp3) is 0.267. The van der Waals surface area contributed by atoms with Gasteiger partial charge in [0, 0.05) is 13.1 Å². The zero-order valence-corrected chi connectivity index (χ0v) is 11.1. The van der Waals surface area contributed by atoms with Crippen LogP contribution < -0.4 is 5.73 Å². The van der Waals surface area contributed by atoms with Gasteiger partial charge in [-0.05, 0) is 43.2 Å². The van der Waals surface area contributed by atoms with E-state index in [1.54, 1.807) is 6.26 Å².